The number of rotatable bonds is 2. The first-order chi connectivity index (χ1) is 4.59. The summed E-state index contributed by atoms with van der Waals surface area (Å²) in [5, 5.41) is 28.0. The predicted molar refractivity (Wildman–Crippen MR) is 32.3 cm³/mol. The molecule has 0 radical (unpaired) electrons. The molecule has 0 aliphatic rings. The molecule has 0 rings (SSSR count). The summed E-state index contributed by atoms with van der Waals surface area (Å²) in [5.74, 6) is -0.720. The molecule has 6 nitrogen and oxygen atoms in total. The summed E-state index contributed by atoms with van der Waals surface area (Å²) in [6.45, 7) is 1.67. The van der Waals surface area contributed by atoms with E-state index in [2.05, 4.69) is 0 Å². The van der Waals surface area contributed by atoms with E-state index >= 15 is 0 Å². The molecule has 0 saturated heterocycles. The molecule has 0 heterocycles. The van der Waals surface area contributed by atoms with Crippen LogP contribution in [0.2, 0.25) is 0 Å². The lowest BCUT2D eigenvalue weighted by Crippen LogP contribution is -2.21. The normalized spacial score (nSPS) is 12.5. The van der Waals surface area contributed by atoms with Crippen LogP contribution >= 0.6 is 0 Å². The molecule has 0 aliphatic carbocycles. The van der Waals surface area contributed by atoms with E-state index in [-0.39, 0.29) is 6.42 Å². The van der Waals surface area contributed by atoms with Crippen molar-refractivity contribution in [1.29, 1.82) is 0 Å². The summed E-state index contributed by atoms with van der Waals surface area (Å²) in [6.07, 6.45) is 0.433. The highest BCUT2D eigenvalue weighted by Gasteiger charge is 2.23. The summed E-state index contributed by atoms with van der Waals surface area (Å²) < 4.78 is 0. The Morgan fingerprint density at radius 1 is 1.60 bits per heavy atom. The molecule has 1 N–H and O–H groups in total. The summed E-state index contributed by atoms with van der Waals surface area (Å²) in [4.78, 5) is 8.30. The first-order valence-corrected chi connectivity index (χ1v) is 2.76. The predicted octanol–water partition coefficient (Wildman–Crippen LogP) is 0.361. The molecular formula is C4H8N2O4. The van der Waals surface area contributed by atoms with Gasteiger partial charge in [-0.25, -0.2) is 0 Å². The molecule has 0 aromatic rings. The van der Waals surface area contributed by atoms with Crippen molar-refractivity contribution in [3.05, 3.63) is 15.3 Å². The van der Waals surface area contributed by atoms with Crippen LogP contribution in [0.1, 0.15) is 19.8 Å². The van der Waals surface area contributed by atoms with Gasteiger partial charge in [-0.3, -0.25) is 15.3 Å². The maximum absolute atomic E-state index is 9.97. The minimum absolute atomic E-state index is 0.0208. The van der Waals surface area contributed by atoms with E-state index in [9.17, 15) is 15.3 Å². The second-order valence-electron chi connectivity index (χ2n) is 1.70. The number of hydrogen-bond acceptors (Lipinski definition) is 4. The molecule has 58 valence electrons. The highest BCUT2D eigenvalue weighted by Crippen LogP contribution is 1.91. The van der Waals surface area contributed by atoms with Crippen LogP contribution in [0, 0.1) is 15.3 Å². The minimum Gasteiger partial charge on any atom is -0.412 e. The molecule has 0 saturated carbocycles. The highest BCUT2D eigenvalue weighted by molar-refractivity contribution is 5.68. The number of nitrogens with zero attached hydrogens (tertiary/aromatic N) is 2. The van der Waals surface area contributed by atoms with Gasteiger partial charge in [0.1, 0.15) is 16.2 Å². The molecule has 0 unspecified atom stereocenters. The second kappa shape index (κ2) is 3.65. The highest BCUT2D eigenvalue weighted by atomic mass is 16.8. The third-order valence-electron chi connectivity index (χ3n) is 0.905. The number of hydrogen-bond donors (Lipinski definition) is 1. The Morgan fingerprint density at radius 2 is 2.10 bits per heavy atom. The lowest BCUT2D eigenvalue weighted by atomic mass is 10.3. The fourth-order valence-corrected chi connectivity index (χ4v) is 0.480. The third-order valence-corrected chi connectivity index (χ3v) is 0.905. The van der Waals surface area contributed by atoms with Crippen LogP contribution in [0.4, 0.5) is 0 Å². The summed E-state index contributed by atoms with van der Waals surface area (Å²) in [7, 11) is 0. The lowest BCUT2D eigenvalue weighted by Gasteiger charge is -1.89. The molecular weight excluding hydrogens is 140 g/mol. The number of amidine groups is 1. The van der Waals surface area contributed by atoms with Crippen molar-refractivity contribution in [1.82, 2.24) is 0 Å². The molecule has 0 amide bonds. The van der Waals surface area contributed by atoms with E-state index in [0.29, 0.717) is 6.42 Å². The van der Waals surface area contributed by atoms with E-state index in [1.165, 1.54) is 0 Å². The first kappa shape index (κ1) is 8.67. The average Bonchev–Trinajstić information content (AvgIpc) is 1.81. The minimum atomic E-state index is -0.892. The van der Waals surface area contributed by atoms with Gasteiger partial charge in [0.05, 0.1) is 0 Å². The van der Waals surface area contributed by atoms with Gasteiger partial charge in [-0.2, -0.15) is 0 Å². The third kappa shape index (κ3) is 2.29. The van der Waals surface area contributed by atoms with Crippen LogP contribution < -0.4 is 0 Å². The van der Waals surface area contributed by atoms with Gasteiger partial charge in [0.2, 0.25) is 0 Å². The van der Waals surface area contributed by atoms with Crippen molar-refractivity contribution < 1.29 is 15.0 Å². The van der Waals surface area contributed by atoms with Crippen molar-refractivity contribution in [3.63, 3.8) is 0 Å². The van der Waals surface area contributed by atoms with Gasteiger partial charge in [0.25, 0.3) is 0 Å². The van der Waals surface area contributed by atoms with E-state index in [4.69, 9.17) is 5.21 Å². The molecule has 0 aliphatic heterocycles. The van der Waals surface area contributed by atoms with Crippen LogP contribution in [0.15, 0.2) is 0 Å². The Morgan fingerprint density at radius 3 is 2.20 bits per heavy atom. The molecule has 0 aromatic heterocycles. The molecule has 6 heteroatoms. The van der Waals surface area contributed by atoms with Crippen molar-refractivity contribution in [2.75, 3.05) is 0 Å². The summed E-state index contributed by atoms with van der Waals surface area (Å²) >= 11 is 0. The van der Waals surface area contributed by atoms with Gasteiger partial charge in [-0.15, -0.1) is 0 Å². The van der Waals surface area contributed by atoms with E-state index in [0.717, 1.165) is 0 Å². The van der Waals surface area contributed by atoms with Gasteiger partial charge in [-0.05, 0) is 6.42 Å². The summed E-state index contributed by atoms with van der Waals surface area (Å²) in [6, 6.07) is 0. The van der Waals surface area contributed by atoms with Gasteiger partial charge in [-0.1, -0.05) is 6.92 Å². The summed E-state index contributed by atoms with van der Waals surface area (Å²) in [5.41, 5.74) is 0. The van der Waals surface area contributed by atoms with Gasteiger partial charge in [0.15, 0.2) is 0 Å². The Bertz CT molecular complexity index is 161. The molecule has 0 atom stereocenters. The maximum Gasteiger partial charge on any atom is 0.531 e. The van der Waals surface area contributed by atoms with E-state index in [1.807, 2.05) is 0 Å². The monoisotopic (exact) mass is 148 g/mol. The molecule has 0 aromatic carbocycles. The number of nitro groups is 1. The Labute approximate surface area is 57.1 Å². The van der Waals surface area contributed by atoms with Crippen molar-refractivity contribution in [2.24, 2.45) is 0 Å². The van der Waals surface area contributed by atoms with Crippen LogP contribution in [-0.4, -0.2) is 20.9 Å². The van der Waals surface area contributed by atoms with E-state index < -0.39 is 15.7 Å². The zero-order chi connectivity index (χ0) is 8.15. The largest absolute Gasteiger partial charge is 0.531 e. The standard InChI is InChI=1S/C4H8N2O4/c1-2-3-4(5(7)8)6(9)10/h2-3H2,1H3,(H,7,8). The van der Waals surface area contributed by atoms with Gasteiger partial charge in [0, 0.05) is 0 Å². The van der Waals surface area contributed by atoms with Gasteiger partial charge < -0.3 is 5.21 Å². The fraction of sp³-hybridized carbons (Fsp3) is 0.750. The first-order valence-electron chi connectivity index (χ1n) is 2.76. The topological polar surface area (TPSA) is 89.4 Å². The van der Waals surface area contributed by atoms with Crippen LogP contribution in [0.3, 0.4) is 0 Å². The molecule has 10 heavy (non-hydrogen) atoms. The maximum atomic E-state index is 9.97. The smallest absolute Gasteiger partial charge is 0.412 e. The van der Waals surface area contributed by atoms with Crippen LogP contribution in [0.25, 0.3) is 0 Å². The Kier molecular flexibility index (Phi) is 3.16. The van der Waals surface area contributed by atoms with Gasteiger partial charge >= 0.3 is 5.84 Å². The van der Waals surface area contributed by atoms with Crippen LogP contribution in [0.5, 0.6) is 0 Å². The molecule has 0 fully saturated rings. The second-order valence-corrected chi connectivity index (χ2v) is 1.70. The zero-order valence-corrected chi connectivity index (χ0v) is 5.48. The molecule has 0 spiro atoms. The average molecular weight is 148 g/mol. The SMILES string of the molecule is CCC/C([N+](=O)[O-])=[N+](\[O-])O. The van der Waals surface area contributed by atoms with E-state index in [1.54, 1.807) is 6.92 Å². The van der Waals surface area contributed by atoms with Crippen molar-refractivity contribution in [2.45, 2.75) is 19.8 Å². The Balaban J connectivity index is 4.28. The lowest BCUT2D eigenvalue weighted by molar-refractivity contribution is -0.748. The van der Waals surface area contributed by atoms with Crippen molar-refractivity contribution >= 4 is 5.84 Å². The molecule has 0 bridgehead atoms. The fourth-order valence-electron chi connectivity index (χ4n) is 0.480. The Hall–Kier alpha value is -1.33. The van der Waals surface area contributed by atoms with Crippen molar-refractivity contribution in [3.8, 4) is 0 Å². The zero-order valence-electron chi connectivity index (χ0n) is 5.48. The van der Waals surface area contributed by atoms with Crippen LogP contribution in [-0.2, 0) is 0 Å². The quantitative estimate of drug-likeness (QED) is 0.153.